The molecule has 5 nitrogen and oxygen atoms in total. The number of nitrogens with zero attached hydrogens (tertiary/aromatic N) is 1. The molecular formula is C12H13ClFN3O2S. The number of benzene rings is 1. The summed E-state index contributed by atoms with van der Waals surface area (Å²) in [5.74, 6) is 7.42. The zero-order valence-electron chi connectivity index (χ0n) is 10.4. The fraction of sp³-hybridized carbons (Fsp3) is 0.250. The van der Waals surface area contributed by atoms with E-state index in [1.54, 1.807) is 0 Å². The summed E-state index contributed by atoms with van der Waals surface area (Å²) in [5.41, 5.74) is 0.0415. The first-order chi connectivity index (χ1) is 9.49. The van der Waals surface area contributed by atoms with Gasteiger partial charge < -0.3 is 15.2 Å². The van der Waals surface area contributed by atoms with E-state index in [-0.39, 0.29) is 41.3 Å². The normalized spacial score (nSPS) is 9.75. The molecule has 0 bridgehead atoms. The molecule has 0 fully saturated rings. The maximum absolute atomic E-state index is 13.8. The Hall–Kier alpha value is -1.59. The molecule has 8 heteroatoms. The molecule has 1 aromatic carbocycles. The van der Waals surface area contributed by atoms with E-state index in [0.717, 1.165) is 11.1 Å². The van der Waals surface area contributed by atoms with E-state index in [4.69, 9.17) is 45.9 Å². The van der Waals surface area contributed by atoms with Gasteiger partial charge in [0.25, 0.3) is 0 Å². The zero-order chi connectivity index (χ0) is 15.1. The highest BCUT2D eigenvalue weighted by Gasteiger charge is 2.12. The van der Waals surface area contributed by atoms with Crippen LogP contribution in [0.5, 0.6) is 5.75 Å². The van der Waals surface area contributed by atoms with Gasteiger partial charge in [-0.05, 0) is 18.3 Å². The molecule has 0 saturated carbocycles. The van der Waals surface area contributed by atoms with Gasteiger partial charge in [0.2, 0.25) is 0 Å². The van der Waals surface area contributed by atoms with Gasteiger partial charge in [-0.2, -0.15) is 0 Å². The molecular weight excluding hydrogens is 305 g/mol. The van der Waals surface area contributed by atoms with E-state index in [9.17, 15) is 4.39 Å². The number of nitrogens with two attached hydrogens (primary N) is 1. The number of ether oxygens (including phenoxy) is 1. The maximum Gasteiger partial charge on any atom is 0.187 e. The van der Waals surface area contributed by atoms with Crippen molar-refractivity contribution in [1.29, 1.82) is 0 Å². The van der Waals surface area contributed by atoms with Crippen LogP contribution in [-0.2, 0) is 0 Å². The van der Waals surface area contributed by atoms with Crippen LogP contribution in [0, 0.1) is 18.2 Å². The molecule has 0 unspecified atom stereocenters. The van der Waals surface area contributed by atoms with Crippen molar-refractivity contribution in [1.82, 2.24) is 5.01 Å². The maximum atomic E-state index is 13.8. The van der Waals surface area contributed by atoms with Crippen molar-refractivity contribution in [3.8, 4) is 18.1 Å². The Morgan fingerprint density at radius 2 is 2.35 bits per heavy atom. The average molecular weight is 318 g/mol. The fourth-order valence-corrected chi connectivity index (χ4v) is 1.66. The average Bonchev–Trinajstić information content (AvgIpc) is 2.40. The van der Waals surface area contributed by atoms with E-state index < -0.39 is 5.82 Å². The molecule has 1 aromatic rings. The number of nitrogens with one attached hydrogen (secondary N) is 1. The lowest BCUT2D eigenvalue weighted by molar-refractivity contribution is 0.253. The van der Waals surface area contributed by atoms with Crippen LogP contribution in [0.4, 0.5) is 10.1 Å². The van der Waals surface area contributed by atoms with E-state index in [1.807, 2.05) is 0 Å². The van der Waals surface area contributed by atoms with Crippen LogP contribution in [0.3, 0.4) is 0 Å². The van der Waals surface area contributed by atoms with Crippen molar-refractivity contribution in [2.45, 2.75) is 0 Å². The van der Waals surface area contributed by atoms with Crippen LogP contribution in [0.25, 0.3) is 0 Å². The first kappa shape index (κ1) is 16.5. The summed E-state index contributed by atoms with van der Waals surface area (Å²) < 4.78 is 18.9. The van der Waals surface area contributed by atoms with Crippen molar-refractivity contribution in [2.75, 3.05) is 25.1 Å². The first-order valence-electron chi connectivity index (χ1n) is 5.49. The molecule has 0 aliphatic carbocycles. The van der Waals surface area contributed by atoms with Crippen LogP contribution < -0.4 is 15.9 Å². The Balaban J connectivity index is 2.89. The smallest absolute Gasteiger partial charge is 0.187 e. The number of hydrazine groups is 1. The van der Waals surface area contributed by atoms with E-state index in [0.29, 0.717) is 0 Å². The minimum Gasteiger partial charge on any atom is -0.479 e. The number of aliphatic hydroxyl groups excluding tert-OH is 1. The Kier molecular flexibility index (Phi) is 6.48. The summed E-state index contributed by atoms with van der Waals surface area (Å²) >= 11 is 10.8. The Morgan fingerprint density at radius 3 is 2.95 bits per heavy atom. The quantitative estimate of drug-likeness (QED) is 0.330. The predicted octanol–water partition coefficient (Wildman–Crippen LogP) is 1.36. The van der Waals surface area contributed by atoms with Gasteiger partial charge >= 0.3 is 0 Å². The van der Waals surface area contributed by atoms with Crippen LogP contribution >= 0.6 is 23.8 Å². The van der Waals surface area contributed by atoms with Gasteiger partial charge in [0.05, 0.1) is 23.9 Å². The molecule has 108 valence electrons. The third-order valence-corrected chi connectivity index (χ3v) is 2.81. The Labute approximate surface area is 126 Å². The van der Waals surface area contributed by atoms with Crippen molar-refractivity contribution in [3.05, 3.63) is 23.0 Å². The lowest BCUT2D eigenvalue weighted by Crippen LogP contribution is -2.42. The summed E-state index contributed by atoms with van der Waals surface area (Å²) in [6.45, 7) is -0.0673. The number of aliphatic hydroxyl groups is 1. The molecule has 0 radical (unpaired) electrons. The number of thiocarbonyl (C=S) groups is 1. The highest BCUT2D eigenvalue weighted by atomic mass is 35.5. The molecule has 0 spiro atoms. The van der Waals surface area contributed by atoms with Gasteiger partial charge in [-0.25, -0.2) is 10.2 Å². The molecule has 0 aliphatic heterocycles. The molecule has 0 aromatic heterocycles. The molecule has 20 heavy (non-hydrogen) atoms. The van der Waals surface area contributed by atoms with Crippen LogP contribution in [-0.4, -0.2) is 35.0 Å². The van der Waals surface area contributed by atoms with Gasteiger partial charge in [0.1, 0.15) is 18.2 Å². The summed E-state index contributed by atoms with van der Waals surface area (Å²) in [6, 6.07) is 2.40. The molecule has 0 saturated heterocycles. The van der Waals surface area contributed by atoms with Gasteiger partial charge in [-0.15, -0.1) is 6.42 Å². The lowest BCUT2D eigenvalue weighted by Gasteiger charge is -2.20. The van der Waals surface area contributed by atoms with Crippen molar-refractivity contribution >= 4 is 34.6 Å². The van der Waals surface area contributed by atoms with Crippen LogP contribution in [0.1, 0.15) is 0 Å². The van der Waals surface area contributed by atoms with Crippen LogP contribution in [0.15, 0.2) is 12.1 Å². The molecule has 1 rings (SSSR count). The fourth-order valence-electron chi connectivity index (χ4n) is 1.25. The number of hydrogen-bond donors (Lipinski definition) is 3. The monoisotopic (exact) mass is 317 g/mol. The Bertz CT molecular complexity index is 536. The van der Waals surface area contributed by atoms with Crippen molar-refractivity contribution < 1.29 is 14.2 Å². The second kappa shape index (κ2) is 7.87. The third-order valence-electron chi connectivity index (χ3n) is 2.18. The van der Waals surface area contributed by atoms with Gasteiger partial charge in [-0.3, -0.25) is 5.01 Å². The van der Waals surface area contributed by atoms with E-state index in [2.05, 4.69) is 11.2 Å². The highest BCUT2D eigenvalue weighted by Crippen LogP contribution is 2.30. The minimum atomic E-state index is -0.622. The predicted molar refractivity (Wildman–Crippen MR) is 79.9 cm³/mol. The molecule has 4 N–H and O–H groups in total. The number of anilines is 1. The van der Waals surface area contributed by atoms with E-state index in [1.165, 1.54) is 6.07 Å². The van der Waals surface area contributed by atoms with E-state index >= 15 is 0 Å². The molecule has 0 aliphatic rings. The first-order valence-corrected chi connectivity index (χ1v) is 6.27. The lowest BCUT2D eigenvalue weighted by atomic mass is 10.3. The zero-order valence-corrected chi connectivity index (χ0v) is 12.0. The summed E-state index contributed by atoms with van der Waals surface area (Å²) in [4.78, 5) is 0. The van der Waals surface area contributed by atoms with Crippen molar-refractivity contribution in [3.63, 3.8) is 0 Å². The Morgan fingerprint density at radius 1 is 1.65 bits per heavy atom. The van der Waals surface area contributed by atoms with Gasteiger partial charge in [-0.1, -0.05) is 17.5 Å². The van der Waals surface area contributed by atoms with Gasteiger partial charge in [0.15, 0.2) is 5.11 Å². The minimum absolute atomic E-state index is 0.00274. The summed E-state index contributed by atoms with van der Waals surface area (Å²) in [7, 11) is 0. The third kappa shape index (κ3) is 4.51. The largest absolute Gasteiger partial charge is 0.479 e. The number of rotatable bonds is 5. The standard InChI is InChI=1S/C12H13ClFN3O2S/c1-2-5-19-11-7-10(9(14)6-8(11)13)16-12(20)17(15)3-4-18/h1,6-7,18H,3-5,15H2,(H,16,20). The second-order valence-electron chi connectivity index (χ2n) is 3.60. The topological polar surface area (TPSA) is 70.8 Å². The van der Waals surface area contributed by atoms with Crippen molar-refractivity contribution in [2.24, 2.45) is 5.84 Å². The molecule has 0 amide bonds. The number of hydrogen-bond acceptors (Lipinski definition) is 4. The summed E-state index contributed by atoms with van der Waals surface area (Å²) in [6.07, 6.45) is 5.07. The number of halogens is 2. The second-order valence-corrected chi connectivity index (χ2v) is 4.40. The SMILES string of the molecule is C#CCOc1cc(NC(=S)N(N)CCO)c(F)cc1Cl. The summed E-state index contributed by atoms with van der Waals surface area (Å²) in [5, 5.41) is 12.6. The number of terminal acetylenes is 1. The van der Waals surface area contributed by atoms with Gasteiger partial charge in [0, 0.05) is 6.07 Å². The van der Waals surface area contributed by atoms with Crippen LogP contribution in [0.2, 0.25) is 5.02 Å². The highest BCUT2D eigenvalue weighted by molar-refractivity contribution is 7.80. The molecule has 0 heterocycles. The molecule has 0 atom stereocenters.